The first-order chi connectivity index (χ1) is 15.6. The van der Waals surface area contributed by atoms with Crippen molar-refractivity contribution < 1.29 is 14.1 Å². The molecule has 4 aromatic rings. The summed E-state index contributed by atoms with van der Waals surface area (Å²) in [5.74, 6) is 1.61. The molecule has 1 amide bonds. The Kier molecular flexibility index (Phi) is 5.18. The zero-order valence-electron chi connectivity index (χ0n) is 17.6. The molecule has 8 nitrogen and oxygen atoms in total. The van der Waals surface area contributed by atoms with Gasteiger partial charge in [-0.25, -0.2) is 0 Å². The molecule has 2 heterocycles. The molecular weight excluding hydrogens is 408 g/mol. The highest BCUT2D eigenvalue weighted by Gasteiger charge is 2.29. The van der Waals surface area contributed by atoms with Crippen LogP contribution in [0.2, 0.25) is 0 Å². The van der Waals surface area contributed by atoms with Gasteiger partial charge in [-0.15, -0.1) is 0 Å². The van der Waals surface area contributed by atoms with E-state index in [2.05, 4.69) is 15.5 Å². The van der Waals surface area contributed by atoms with Gasteiger partial charge >= 0.3 is 0 Å². The van der Waals surface area contributed by atoms with Gasteiger partial charge in [0.15, 0.2) is 5.82 Å². The number of pyridine rings is 1. The molecule has 0 aliphatic heterocycles. The number of carbonyl (C=O) groups is 1. The van der Waals surface area contributed by atoms with Gasteiger partial charge in [-0.05, 0) is 38.0 Å². The molecule has 8 heteroatoms. The van der Waals surface area contributed by atoms with Gasteiger partial charge in [-0.2, -0.15) is 4.98 Å². The van der Waals surface area contributed by atoms with Crippen LogP contribution in [0.15, 0.2) is 63.9 Å². The summed E-state index contributed by atoms with van der Waals surface area (Å²) in [5.41, 5.74) is 1.43. The molecule has 0 saturated heterocycles. The number of fused-ring (bicyclic) bond motifs is 1. The van der Waals surface area contributed by atoms with E-state index in [-0.39, 0.29) is 18.0 Å². The van der Waals surface area contributed by atoms with E-state index in [1.807, 2.05) is 37.3 Å². The molecule has 0 spiro atoms. The lowest BCUT2D eigenvalue weighted by atomic mass is 10.1. The Bertz CT molecular complexity index is 1350. The minimum Gasteiger partial charge on any atom is -0.492 e. The number of hydrogen-bond acceptors (Lipinski definition) is 6. The van der Waals surface area contributed by atoms with Crippen molar-refractivity contribution in [3.63, 3.8) is 0 Å². The molecule has 32 heavy (non-hydrogen) atoms. The van der Waals surface area contributed by atoms with E-state index in [9.17, 15) is 9.59 Å². The second kappa shape index (κ2) is 8.30. The summed E-state index contributed by atoms with van der Waals surface area (Å²) >= 11 is 0. The molecular formula is C24H22N4O4. The Hall–Kier alpha value is -3.94. The molecule has 2 aromatic carbocycles. The maximum atomic E-state index is 13.0. The average Bonchev–Trinajstić information content (AvgIpc) is 3.54. The zero-order valence-corrected chi connectivity index (χ0v) is 17.6. The first-order valence-corrected chi connectivity index (χ1v) is 10.6. The number of anilines is 1. The Morgan fingerprint density at radius 2 is 1.97 bits per heavy atom. The van der Waals surface area contributed by atoms with Crippen molar-refractivity contribution in [2.24, 2.45) is 0 Å². The molecule has 2 aromatic heterocycles. The summed E-state index contributed by atoms with van der Waals surface area (Å²) in [6, 6.07) is 16.0. The van der Waals surface area contributed by atoms with Crippen LogP contribution in [0.5, 0.6) is 5.75 Å². The number of hydrogen-bond donors (Lipinski definition) is 1. The Labute approximate surface area is 183 Å². The van der Waals surface area contributed by atoms with E-state index in [0.717, 1.165) is 18.2 Å². The van der Waals surface area contributed by atoms with Crippen LogP contribution in [-0.2, 0) is 11.3 Å². The van der Waals surface area contributed by atoms with Crippen molar-refractivity contribution in [1.82, 2.24) is 14.7 Å². The van der Waals surface area contributed by atoms with Crippen molar-refractivity contribution in [3.05, 3.63) is 70.8 Å². The number of rotatable bonds is 7. The standard InChI is InChI=1S/C24H22N4O4/c1-2-31-20-10-6-4-8-18(20)25-21(29)14-28-19-9-5-3-7-16(19)17(13-22(28)30)24-26-23(27-32-24)15-11-12-15/h3-10,13,15H,2,11-12,14H2,1H3,(H,25,29). The Morgan fingerprint density at radius 1 is 1.19 bits per heavy atom. The molecule has 0 atom stereocenters. The summed E-state index contributed by atoms with van der Waals surface area (Å²) in [7, 11) is 0. The van der Waals surface area contributed by atoms with Gasteiger partial charge in [0.25, 0.3) is 11.4 Å². The Morgan fingerprint density at radius 3 is 2.78 bits per heavy atom. The van der Waals surface area contributed by atoms with Crippen LogP contribution >= 0.6 is 0 Å². The molecule has 0 bridgehead atoms. The molecule has 1 saturated carbocycles. The number of amides is 1. The first kappa shape index (κ1) is 20.0. The van der Waals surface area contributed by atoms with E-state index in [0.29, 0.717) is 46.8 Å². The summed E-state index contributed by atoms with van der Waals surface area (Å²) < 4.78 is 12.5. The van der Waals surface area contributed by atoms with Gasteiger partial charge in [0, 0.05) is 17.4 Å². The molecule has 1 N–H and O–H groups in total. The number of aromatic nitrogens is 3. The number of carbonyl (C=O) groups excluding carboxylic acids is 1. The monoisotopic (exact) mass is 430 g/mol. The number of benzene rings is 2. The highest BCUT2D eigenvalue weighted by Crippen LogP contribution is 2.39. The minimum atomic E-state index is -0.328. The van der Waals surface area contributed by atoms with Crippen molar-refractivity contribution in [1.29, 1.82) is 0 Å². The first-order valence-electron chi connectivity index (χ1n) is 10.6. The van der Waals surface area contributed by atoms with Gasteiger partial charge < -0.3 is 14.6 Å². The summed E-state index contributed by atoms with van der Waals surface area (Å²) in [6.07, 6.45) is 2.12. The quantitative estimate of drug-likeness (QED) is 0.476. The Balaban J connectivity index is 1.48. The van der Waals surface area contributed by atoms with Gasteiger partial charge in [-0.1, -0.05) is 35.5 Å². The molecule has 0 radical (unpaired) electrons. The van der Waals surface area contributed by atoms with Gasteiger partial charge in [0.2, 0.25) is 5.91 Å². The largest absolute Gasteiger partial charge is 0.492 e. The third-order valence-corrected chi connectivity index (χ3v) is 5.40. The lowest BCUT2D eigenvalue weighted by Crippen LogP contribution is -2.28. The van der Waals surface area contributed by atoms with Crippen LogP contribution in [0, 0.1) is 0 Å². The summed E-state index contributed by atoms with van der Waals surface area (Å²) in [6.45, 7) is 2.22. The maximum absolute atomic E-state index is 13.0. The number of ether oxygens (including phenoxy) is 1. The maximum Gasteiger partial charge on any atom is 0.258 e. The fourth-order valence-electron chi connectivity index (χ4n) is 3.71. The summed E-state index contributed by atoms with van der Waals surface area (Å²) in [5, 5.41) is 7.67. The SMILES string of the molecule is CCOc1ccccc1NC(=O)Cn1c(=O)cc(-c2nc(C3CC3)no2)c2ccccc21. The number of nitrogens with one attached hydrogen (secondary N) is 1. The number of para-hydroxylation sites is 3. The third-order valence-electron chi connectivity index (χ3n) is 5.40. The van der Waals surface area contributed by atoms with Gasteiger partial charge in [0.1, 0.15) is 12.3 Å². The fraction of sp³-hybridized carbons (Fsp3) is 0.250. The minimum absolute atomic E-state index is 0.142. The highest BCUT2D eigenvalue weighted by molar-refractivity contribution is 5.95. The van der Waals surface area contributed by atoms with Crippen LogP contribution in [0.1, 0.15) is 31.5 Å². The predicted octanol–water partition coefficient (Wildman–Crippen LogP) is 3.97. The van der Waals surface area contributed by atoms with E-state index >= 15 is 0 Å². The predicted molar refractivity (Wildman–Crippen MR) is 120 cm³/mol. The average molecular weight is 430 g/mol. The van der Waals surface area contributed by atoms with Gasteiger partial charge in [0.05, 0.1) is 23.4 Å². The van der Waals surface area contributed by atoms with Crippen LogP contribution in [0.4, 0.5) is 5.69 Å². The topological polar surface area (TPSA) is 99.2 Å². The van der Waals surface area contributed by atoms with E-state index < -0.39 is 0 Å². The normalized spacial score (nSPS) is 13.3. The van der Waals surface area contributed by atoms with Crippen LogP contribution in [0.3, 0.4) is 0 Å². The molecule has 1 aliphatic carbocycles. The van der Waals surface area contributed by atoms with Crippen molar-refractivity contribution in [2.75, 3.05) is 11.9 Å². The second-order valence-electron chi connectivity index (χ2n) is 7.71. The van der Waals surface area contributed by atoms with Crippen molar-refractivity contribution in [3.8, 4) is 17.2 Å². The molecule has 1 aliphatic rings. The second-order valence-corrected chi connectivity index (χ2v) is 7.71. The molecule has 0 unspecified atom stereocenters. The van der Waals surface area contributed by atoms with Crippen molar-refractivity contribution >= 4 is 22.5 Å². The van der Waals surface area contributed by atoms with Crippen molar-refractivity contribution in [2.45, 2.75) is 32.2 Å². The lowest BCUT2D eigenvalue weighted by molar-refractivity contribution is -0.116. The molecule has 162 valence electrons. The zero-order chi connectivity index (χ0) is 22.1. The molecule has 1 fully saturated rings. The molecule has 5 rings (SSSR count). The van der Waals surface area contributed by atoms with Crippen LogP contribution in [0.25, 0.3) is 22.4 Å². The lowest BCUT2D eigenvalue weighted by Gasteiger charge is -2.14. The number of nitrogens with zero attached hydrogens (tertiary/aromatic N) is 3. The third kappa shape index (κ3) is 3.87. The summed E-state index contributed by atoms with van der Waals surface area (Å²) in [4.78, 5) is 30.3. The van der Waals surface area contributed by atoms with Crippen LogP contribution in [-0.4, -0.2) is 27.2 Å². The van der Waals surface area contributed by atoms with E-state index in [1.54, 1.807) is 18.2 Å². The van der Waals surface area contributed by atoms with E-state index in [4.69, 9.17) is 9.26 Å². The fourth-order valence-corrected chi connectivity index (χ4v) is 3.71. The highest BCUT2D eigenvalue weighted by atomic mass is 16.5. The van der Waals surface area contributed by atoms with Gasteiger partial charge in [-0.3, -0.25) is 14.2 Å². The van der Waals surface area contributed by atoms with E-state index in [1.165, 1.54) is 10.6 Å². The smallest absolute Gasteiger partial charge is 0.258 e. The van der Waals surface area contributed by atoms with Crippen LogP contribution < -0.4 is 15.6 Å².